The standard InChI is InChI=1S/C15H16O6/c1-2-14(17)21-10-8-12(16)7-9-20-13-5-3-11(4-6-13)15(18)19/h2-6H,1,7-10H2,(H,18,19). The van der Waals surface area contributed by atoms with Gasteiger partial charge in [-0.15, -0.1) is 0 Å². The molecule has 0 aliphatic heterocycles. The summed E-state index contributed by atoms with van der Waals surface area (Å²) in [7, 11) is 0. The number of carboxylic acid groups (broad SMARTS) is 1. The summed E-state index contributed by atoms with van der Waals surface area (Å²) in [4.78, 5) is 32.9. The summed E-state index contributed by atoms with van der Waals surface area (Å²) in [5.74, 6) is -1.16. The molecule has 0 saturated heterocycles. The number of Topliss-reactive ketones (excluding diaryl/α,β-unsaturated/α-hetero) is 1. The second-order valence-corrected chi connectivity index (χ2v) is 4.09. The van der Waals surface area contributed by atoms with Crippen molar-refractivity contribution in [1.82, 2.24) is 0 Å². The molecule has 0 aliphatic carbocycles. The molecule has 0 unspecified atom stereocenters. The first kappa shape index (κ1) is 16.4. The molecular weight excluding hydrogens is 276 g/mol. The normalized spacial score (nSPS) is 9.71. The number of esters is 1. The Hall–Kier alpha value is -2.63. The maximum atomic E-state index is 11.5. The first-order valence-electron chi connectivity index (χ1n) is 6.30. The van der Waals surface area contributed by atoms with E-state index in [0.29, 0.717) is 5.75 Å². The first-order valence-corrected chi connectivity index (χ1v) is 6.30. The summed E-state index contributed by atoms with van der Waals surface area (Å²) in [6.45, 7) is 3.45. The van der Waals surface area contributed by atoms with Crippen LogP contribution in [0.5, 0.6) is 5.75 Å². The number of aromatic carboxylic acids is 1. The number of carbonyl (C=O) groups is 3. The van der Waals surface area contributed by atoms with Crippen molar-refractivity contribution in [3.8, 4) is 5.75 Å². The maximum absolute atomic E-state index is 11.5. The highest BCUT2D eigenvalue weighted by molar-refractivity contribution is 5.87. The highest BCUT2D eigenvalue weighted by Gasteiger charge is 2.05. The molecule has 0 atom stereocenters. The van der Waals surface area contributed by atoms with Gasteiger partial charge in [-0.25, -0.2) is 9.59 Å². The Kier molecular flexibility index (Phi) is 6.67. The number of ether oxygens (including phenoxy) is 2. The Balaban J connectivity index is 2.23. The third kappa shape index (κ3) is 6.38. The number of benzene rings is 1. The van der Waals surface area contributed by atoms with E-state index in [-0.39, 0.29) is 37.4 Å². The minimum atomic E-state index is -1.01. The molecule has 1 N–H and O–H groups in total. The number of hydrogen-bond donors (Lipinski definition) is 1. The van der Waals surface area contributed by atoms with Crippen molar-refractivity contribution in [3.05, 3.63) is 42.5 Å². The van der Waals surface area contributed by atoms with Gasteiger partial charge in [0.05, 0.1) is 18.8 Å². The number of ketones is 1. The average molecular weight is 292 g/mol. The Morgan fingerprint density at radius 2 is 1.71 bits per heavy atom. The van der Waals surface area contributed by atoms with Crippen LogP contribution >= 0.6 is 0 Å². The molecule has 1 aromatic rings. The van der Waals surface area contributed by atoms with Crippen molar-refractivity contribution in [1.29, 1.82) is 0 Å². The molecule has 112 valence electrons. The fraction of sp³-hybridized carbons (Fsp3) is 0.267. The number of rotatable bonds is 9. The van der Waals surface area contributed by atoms with Crippen LogP contribution in [0.3, 0.4) is 0 Å². The third-order valence-electron chi connectivity index (χ3n) is 2.54. The summed E-state index contributed by atoms with van der Waals surface area (Å²) in [6, 6.07) is 5.90. The molecule has 0 spiro atoms. The average Bonchev–Trinajstić information content (AvgIpc) is 2.47. The molecule has 0 aliphatic rings. The lowest BCUT2D eigenvalue weighted by Crippen LogP contribution is -2.11. The quantitative estimate of drug-likeness (QED) is 0.551. The van der Waals surface area contributed by atoms with E-state index in [2.05, 4.69) is 11.3 Å². The summed E-state index contributed by atoms with van der Waals surface area (Å²) < 4.78 is 10.0. The van der Waals surface area contributed by atoms with E-state index in [1.807, 2.05) is 0 Å². The second-order valence-electron chi connectivity index (χ2n) is 4.09. The Bertz CT molecular complexity index is 517. The van der Waals surface area contributed by atoms with Crippen LogP contribution in [0.1, 0.15) is 23.2 Å². The number of carboxylic acids is 1. The monoisotopic (exact) mass is 292 g/mol. The number of hydrogen-bond acceptors (Lipinski definition) is 5. The van der Waals surface area contributed by atoms with Crippen molar-refractivity contribution in [2.75, 3.05) is 13.2 Å². The van der Waals surface area contributed by atoms with E-state index in [0.717, 1.165) is 6.08 Å². The predicted molar refractivity (Wildman–Crippen MR) is 74.3 cm³/mol. The molecule has 0 fully saturated rings. The second kappa shape index (κ2) is 8.52. The van der Waals surface area contributed by atoms with E-state index < -0.39 is 11.9 Å². The Morgan fingerprint density at radius 1 is 1.10 bits per heavy atom. The highest BCUT2D eigenvalue weighted by Crippen LogP contribution is 2.12. The minimum absolute atomic E-state index is 0.0248. The van der Waals surface area contributed by atoms with Gasteiger partial charge >= 0.3 is 11.9 Å². The number of carbonyl (C=O) groups excluding carboxylic acids is 2. The summed E-state index contributed by atoms with van der Waals surface area (Å²) in [5, 5.41) is 8.74. The Labute approximate surface area is 122 Å². The van der Waals surface area contributed by atoms with Gasteiger partial charge in [0.25, 0.3) is 0 Å². The van der Waals surface area contributed by atoms with Crippen molar-refractivity contribution in [3.63, 3.8) is 0 Å². The molecule has 6 heteroatoms. The van der Waals surface area contributed by atoms with Crippen LogP contribution in [0.4, 0.5) is 0 Å². The van der Waals surface area contributed by atoms with Gasteiger partial charge in [0, 0.05) is 18.9 Å². The van der Waals surface area contributed by atoms with Gasteiger partial charge < -0.3 is 14.6 Å². The molecule has 0 heterocycles. The summed E-state index contributed by atoms with van der Waals surface area (Å²) >= 11 is 0. The molecule has 0 radical (unpaired) electrons. The molecule has 21 heavy (non-hydrogen) atoms. The molecule has 0 saturated carbocycles. The fourth-order valence-corrected chi connectivity index (χ4v) is 1.43. The zero-order valence-electron chi connectivity index (χ0n) is 11.4. The van der Waals surface area contributed by atoms with Gasteiger partial charge in [0.15, 0.2) is 0 Å². The molecule has 1 rings (SSSR count). The van der Waals surface area contributed by atoms with E-state index >= 15 is 0 Å². The van der Waals surface area contributed by atoms with E-state index in [4.69, 9.17) is 9.84 Å². The van der Waals surface area contributed by atoms with Gasteiger partial charge in [-0.1, -0.05) is 6.58 Å². The predicted octanol–water partition coefficient (Wildman–Crippen LogP) is 1.84. The SMILES string of the molecule is C=CC(=O)OCCC(=O)CCOc1ccc(C(=O)O)cc1. The van der Waals surface area contributed by atoms with Crippen LogP contribution in [-0.4, -0.2) is 36.0 Å². The van der Waals surface area contributed by atoms with Crippen LogP contribution in [0.15, 0.2) is 36.9 Å². The molecule has 1 aromatic carbocycles. The topological polar surface area (TPSA) is 89.9 Å². The van der Waals surface area contributed by atoms with Gasteiger partial charge in [-0.2, -0.15) is 0 Å². The van der Waals surface area contributed by atoms with Crippen LogP contribution in [-0.2, 0) is 14.3 Å². The molecule has 6 nitrogen and oxygen atoms in total. The first-order chi connectivity index (χ1) is 10.0. The van der Waals surface area contributed by atoms with Crippen LogP contribution in [0.2, 0.25) is 0 Å². The van der Waals surface area contributed by atoms with Crippen LogP contribution < -0.4 is 4.74 Å². The largest absolute Gasteiger partial charge is 0.493 e. The van der Waals surface area contributed by atoms with Crippen molar-refractivity contribution in [2.24, 2.45) is 0 Å². The van der Waals surface area contributed by atoms with E-state index in [1.54, 1.807) is 0 Å². The van der Waals surface area contributed by atoms with Crippen molar-refractivity contribution < 1.29 is 29.0 Å². The molecular formula is C15H16O6. The summed E-state index contributed by atoms with van der Waals surface area (Å²) in [5.41, 5.74) is 0.169. The van der Waals surface area contributed by atoms with Crippen molar-refractivity contribution >= 4 is 17.7 Å². The molecule has 0 bridgehead atoms. The summed E-state index contributed by atoms with van der Waals surface area (Å²) in [6.07, 6.45) is 1.35. The maximum Gasteiger partial charge on any atom is 0.335 e. The van der Waals surface area contributed by atoms with Gasteiger partial charge in [-0.05, 0) is 24.3 Å². The minimum Gasteiger partial charge on any atom is -0.493 e. The zero-order chi connectivity index (χ0) is 15.7. The van der Waals surface area contributed by atoms with Gasteiger partial charge in [0.2, 0.25) is 0 Å². The van der Waals surface area contributed by atoms with Gasteiger partial charge in [0.1, 0.15) is 11.5 Å². The third-order valence-corrected chi connectivity index (χ3v) is 2.54. The van der Waals surface area contributed by atoms with Crippen LogP contribution in [0.25, 0.3) is 0 Å². The van der Waals surface area contributed by atoms with Crippen molar-refractivity contribution in [2.45, 2.75) is 12.8 Å². The Morgan fingerprint density at radius 3 is 2.29 bits per heavy atom. The fourth-order valence-electron chi connectivity index (χ4n) is 1.43. The smallest absolute Gasteiger partial charge is 0.335 e. The van der Waals surface area contributed by atoms with Gasteiger partial charge in [-0.3, -0.25) is 4.79 Å². The molecule has 0 aromatic heterocycles. The molecule has 0 amide bonds. The lowest BCUT2D eigenvalue weighted by atomic mass is 10.2. The lowest BCUT2D eigenvalue weighted by Gasteiger charge is -2.06. The highest BCUT2D eigenvalue weighted by atomic mass is 16.5. The zero-order valence-corrected chi connectivity index (χ0v) is 11.4. The van der Waals surface area contributed by atoms with E-state index in [9.17, 15) is 14.4 Å². The van der Waals surface area contributed by atoms with E-state index in [1.165, 1.54) is 24.3 Å². The lowest BCUT2D eigenvalue weighted by molar-refractivity contribution is -0.138. The van der Waals surface area contributed by atoms with Crippen LogP contribution in [0, 0.1) is 0 Å².